The summed E-state index contributed by atoms with van der Waals surface area (Å²) < 4.78 is 5.65. The van der Waals surface area contributed by atoms with E-state index in [1.54, 1.807) is 0 Å². The van der Waals surface area contributed by atoms with Crippen molar-refractivity contribution < 1.29 is 19.7 Å². The molecule has 30 heavy (non-hydrogen) atoms. The molecule has 1 heterocycles. The third-order valence-corrected chi connectivity index (χ3v) is 7.19. The van der Waals surface area contributed by atoms with Crippen LogP contribution in [0.2, 0.25) is 0 Å². The second-order valence-corrected chi connectivity index (χ2v) is 9.86. The van der Waals surface area contributed by atoms with Gasteiger partial charge in [0.1, 0.15) is 6.61 Å². The van der Waals surface area contributed by atoms with E-state index in [1.807, 2.05) is 11.8 Å². The van der Waals surface area contributed by atoms with Gasteiger partial charge >= 0.3 is 0 Å². The molecule has 1 saturated heterocycles. The Morgan fingerprint density at radius 1 is 1.37 bits per heavy atom. The summed E-state index contributed by atoms with van der Waals surface area (Å²) in [6, 6.07) is 0. The van der Waals surface area contributed by atoms with Crippen LogP contribution in [-0.4, -0.2) is 59.0 Å². The van der Waals surface area contributed by atoms with Crippen LogP contribution >= 0.6 is 0 Å². The van der Waals surface area contributed by atoms with Gasteiger partial charge in [0.15, 0.2) is 0 Å². The lowest BCUT2D eigenvalue weighted by Crippen LogP contribution is -2.31. The number of rotatable bonds is 11. The Hall–Kier alpha value is -1.17. The summed E-state index contributed by atoms with van der Waals surface area (Å²) in [6.07, 6.45) is 14.8. The van der Waals surface area contributed by atoms with Crippen LogP contribution in [0.4, 0.5) is 0 Å². The summed E-state index contributed by atoms with van der Waals surface area (Å²) in [7, 11) is 0. The minimum Gasteiger partial charge on any atom is -0.392 e. The van der Waals surface area contributed by atoms with E-state index in [-0.39, 0.29) is 24.5 Å². The van der Waals surface area contributed by atoms with E-state index < -0.39 is 5.60 Å². The molecule has 1 aliphatic heterocycles. The monoisotopic (exact) mass is 419 g/mol. The Morgan fingerprint density at radius 3 is 2.87 bits per heavy atom. The van der Waals surface area contributed by atoms with Gasteiger partial charge in [-0.3, -0.25) is 4.79 Å². The summed E-state index contributed by atoms with van der Waals surface area (Å²) in [6.45, 7) is 6.59. The van der Waals surface area contributed by atoms with Gasteiger partial charge in [0.05, 0.1) is 18.3 Å². The van der Waals surface area contributed by atoms with E-state index in [4.69, 9.17) is 4.74 Å². The van der Waals surface area contributed by atoms with Gasteiger partial charge < -0.3 is 19.8 Å². The second kappa shape index (κ2) is 10.9. The molecule has 2 N–H and O–H groups in total. The summed E-state index contributed by atoms with van der Waals surface area (Å²) in [5, 5.41) is 21.0. The zero-order valence-electron chi connectivity index (χ0n) is 18.9. The van der Waals surface area contributed by atoms with Gasteiger partial charge in [0.25, 0.3) is 0 Å². The van der Waals surface area contributed by atoms with Crippen molar-refractivity contribution in [1.82, 2.24) is 4.90 Å². The lowest BCUT2D eigenvalue weighted by molar-refractivity contribution is -0.135. The zero-order valence-corrected chi connectivity index (χ0v) is 18.9. The Labute approximate surface area is 182 Å². The first-order chi connectivity index (χ1) is 14.4. The predicted molar refractivity (Wildman–Crippen MR) is 119 cm³/mol. The molecule has 1 amide bonds. The third kappa shape index (κ3) is 6.41. The lowest BCUT2D eigenvalue weighted by atomic mass is 9.88. The average Bonchev–Trinajstić information content (AvgIpc) is 3.42. The van der Waals surface area contributed by atoms with Gasteiger partial charge in [-0.1, -0.05) is 43.6 Å². The van der Waals surface area contributed by atoms with Gasteiger partial charge in [-0.2, -0.15) is 0 Å². The van der Waals surface area contributed by atoms with Crippen molar-refractivity contribution >= 4 is 5.91 Å². The van der Waals surface area contributed by atoms with Crippen LogP contribution < -0.4 is 0 Å². The third-order valence-electron chi connectivity index (χ3n) is 7.19. The van der Waals surface area contributed by atoms with Gasteiger partial charge in [-0.15, -0.1) is 0 Å². The number of unbranched alkanes of at least 4 members (excludes halogenated alkanes) is 1. The summed E-state index contributed by atoms with van der Waals surface area (Å²) in [4.78, 5) is 13.9. The first-order valence-electron chi connectivity index (χ1n) is 12.0. The van der Waals surface area contributed by atoms with E-state index in [0.29, 0.717) is 24.9 Å². The van der Waals surface area contributed by atoms with Gasteiger partial charge in [0, 0.05) is 19.0 Å². The van der Waals surface area contributed by atoms with Crippen molar-refractivity contribution in [3.63, 3.8) is 0 Å². The molecule has 0 bridgehead atoms. The van der Waals surface area contributed by atoms with Crippen LogP contribution in [0, 0.1) is 17.8 Å². The number of fused-ring (bicyclic) bond motifs is 1. The molecule has 0 radical (unpaired) electrons. The van der Waals surface area contributed by atoms with E-state index in [2.05, 4.69) is 25.2 Å². The Balaban J connectivity index is 1.40. The molecule has 0 unspecified atom stereocenters. The van der Waals surface area contributed by atoms with Crippen LogP contribution in [0.5, 0.6) is 0 Å². The number of ether oxygens (including phenoxy) is 1. The number of aliphatic hydroxyl groups is 2. The average molecular weight is 420 g/mol. The highest BCUT2D eigenvalue weighted by Gasteiger charge is 2.43. The Morgan fingerprint density at radius 2 is 2.13 bits per heavy atom. The number of allylic oxidation sites excluding steroid dienone is 1. The maximum atomic E-state index is 12.0. The number of likely N-dealkylation sites (tertiary alicyclic amines) is 1. The molecule has 5 nitrogen and oxygen atoms in total. The van der Waals surface area contributed by atoms with Crippen molar-refractivity contribution in [3.8, 4) is 0 Å². The van der Waals surface area contributed by atoms with Crippen LogP contribution in [0.3, 0.4) is 0 Å². The smallest absolute Gasteiger partial charge is 0.248 e. The topological polar surface area (TPSA) is 70.0 Å². The molecule has 0 aromatic heterocycles. The van der Waals surface area contributed by atoms with E-state index >= 15 is 0 Å². The molecule has 5 atom stereocenters. The van der Waals surface area contributed by atoms with Gasteiger partial charge in [0.2, 0.25) is 5.91 Å². The molecular formula is C25H41NO4. The standard InChI is InChI=1S/C25H41NO4/c1-3-4-10-25(2,29)11-7-8-21-22-16-19(15-20(22)17-23(21)27)9-14-30-18-24(28)26-12-5-6-13-26/h7-8,15,20-23,27,29H,3-6,9-14,16-18H2,1-2H3/b8-7+/t20-,21+,22-,23+,25-/m0/s1. The molecule has 3 aliphatic rings. The van der Waals surface area contributed by atoms with Crippen molar-refractivity contribution in [2.45, 2.75) is 83.3 Å². The minimum absolute atomic E-state index is 0.118. The highest BCUT2D eigenvalue weighted by molar-refractivity contribution is 5.77. The van der Waals surface area contributed by atoms with Crippen LogP contribution in [0.1, 0.15) is 71.6 Å². The summed E-state index contributed by atoms with van der Waals surface area (Å²) in [5.74, 6) is 1.19. The van der Waals surface area contributed by atoms with Crippen molar-refractivity contribution in [2.75, 3.05) is 26.3 Å². The molecule has 170 valence electrons. The fraction of sp³-hybridized carbons (Fsp3) is 0.800. The maximum Gasteiger partial charge on any atom is 0.248 e. The first-order valence-corrected chi connectivity index (χ1v) is 12.0. The predicted octanol–water partition coefficient (Wildman–Crippen LogP) is 3.85. The Bertz CT molecular complexity index is 621. The molecule has 2 fully saturated rings. The normalized spacial score (nSPS) is 30.7. The fourth-order valence-electron chi connectivity index (χ4n) is 5.35. The first kappa shape index (κ1) is 23.5. The van der Waals surface area contributed by atoms with Crippen molar-refractivity contribution in [3.05, 3.63) is 23.8 Å². The maximum absolute atomic E-state index is 12.0. The molecule has 1 saturated carbocycles. The molecule has 0 spiro atoms. The summed E-state index contributed by atoms with van der Waals surface area (Å²) >= 11 is 0. The van der Waals surface area contributed by atoms with E-state index in [1.165, 1.54) is 5.57 Å². The summed E-state index contributed by atoms with van der Waals surface area (Å²) in [5.41, 5.74) is 0.747. The number of hydrogen-bond donors (Lipinski definition) is 2. The number of hydrogen-bond acceptors (Lipinski definition) is 4. The largest absolute Gasteiger partial charge is 0.392 e. The molecular weight excluding hydrogens is 378 g/mol. The van der Waals surface area contributed by atoms with E-state index in [0.717, 1.165) is 64.5 Å². The molecule has 5 heteroatoms. The lowest BCUT2D eigenvalue weighted by Gasteiger charge is -2.22. The van der Waals surface area contributed by atoms with Crippen LogP contribution in [0.25, 0.3) is 0 Å². The van der Waals surface area contributed by atoms with E-state index in [9.17, 15) is 15.0 Å². The van der Waals surface area contributed by atoms with Crippen LogP contribution in [-0.2, 0) is 9.53 Å². The molecule has 0 aromatic carbocycles. The highest BCUT2D eigenvalue weighted by Crippen LogP contribution is 2.48. The quantitative estimate of drug-likeness (QED) is 0.394. The van der Waals surface area contributed by atoms with Crippen molar-refractivity contribution in [1.29, 1.82) is 0 Å². The minimum atomic E-state index is -0.654. The zero-order chi connectivity index (χ0) is 21.6. The number of carbonyl (C=O) groups excluding carboxylic acids is 1. The van der Waals surface area contributed by atoms with Gasteiger partial charge in [-0.05, 0) is 63.7 Å². The van der Waals surface area contributed by atoms with Crippen molar-refractivity contribution in [2.24, 2.45) is 17.8 Å². The highest BCUT2D eigenvalue weighted by atomic mass is 16.5. The number of nitrogens with zero attached hydrogens (tertiary/aromatic N) is 1. The number of aliphatic hydroxyl groups excluding tert-OH is 1. The molecule has 2 aliphatic carbocycles. The SMILES string of the molecule is CCCC[C@](C)(O)C/C=C/[C@@H]1[C@H]2CC(CCOCC(=O)N3CCCC3)=C[C@H]2C[C@H]1O. The Kier molecular flexibility index (Phi) is 8.55. The van der Waals surface area contributed by atoms with Crippen LogP contribution in [0.15, 0.2) is 23.8 Å². The number of carbonyl (C=O) groups is 1. The van der Waals surface area contributed by atoms with Gasteiger partial charge in [-0.25, -0.2) is 0 Å². The molecule has 0 aromatic rings. The second-order valence-electron chi connectivity index (χ2n) is 9.86. The number of amides is 1. The molecule has 3 rings (SSSR count). The fourth-order valence-corrected chi connectivity index (χ4v) is 5.35.